The fraction of sp³-hybridized carbons (Fsp3) is 0.632. The molecule has 1 aromatic carbocycles. The van der Waals surface area contributed by atoms with Crippen LogP contribution in [0, 0.1) is 0 Å². The van der Waals surface area contributed by atoms with Gasteiger partial charge in [0.1, 0.15) is 6.04 Å². The van der Waals surface area contributed by atoms with Gasteiger partial charge in [-0.3, -0.25) is 14.6 Å². The van der Waals surface area contributed by atoms with Gasteiger partial charge in [-0.1, -0.05) is 30.3 Å². The first kappa shape index (κ1) is 17.4. The van der Waals surface area contributed by atoms with E-state index in [1.165, 1.54) is 12.8 Å². The molecule has 5 heteroatoms. The van der Waals surface area contributed by atoms with Gasteiger partial charge in [-0.25, -0.2) is 0 Å². The second-order valence-electron chi connectivity index (χ2n) is 7.02. The van der Waals surface area contributed by atoms with Gasteiger partial charge in [0, 0.05) is 53.4 Å². The van der Waals surface area contributed by atoms with Crippen molar-refractivity contribution in [3.8, 4) is 0 Å². The standard InChI is InChI=1S/C19H29N3O2/c1-20(2)19(23)18(16-7-4-3-5-8-16)22-12-10-21(11-13-22)15-17-9-6-14-24-17/h3-5,7-8,17-18H,6,9-15H2,1-2H3. The van der Waals surface area contributed by atoms with E-state index in [0.29, 0.717) is 6.10 Å². The third-order valence-electron chi connectivity index (χ3n) is 5.05. The lowest BCUT2D eigenvalue weighted by molar-refractivity contribution is -0.135. The molecule has 1 aromatic rings. The van der Waals surface area contributed by atoms with Crippen molar-refractivity contribution in [1.82, 2.24) is 14.7 Å². The van der Waals surface area contributed by atoms with Gasteiger partial charge in [0.05, 0.1) is 6.10 Å². The Morgan fingerprint density at radius 2 is 1.92 bits per heavy atom. The van der Waals surface area contributed by atoms with E-state index in [4.69, 9.17) is 4.74 Å². The van der Waals surface area contributed by atoms with Crippen LogP contribution in [-0.2, 0) is 9.53 Å². The summed E-state index contributed by atoms with van der Waals surface area (Å²) >= 11 is 0. The van der Waals surface area contributed by atoms with Crippen molar-refractivity contribution in [1.29, 1.82) is 0 Å². The number of benzene rings is 1. The van der Waals surface area contributed by atoms with Crippen molar-refractivity contribution in [2.24, 2.45) is 0 Å². The van der Waals surface area contributed by atoms with E-state index in [-0.39, 0.29) is 11.9 Å². The summed E-state index contributed by atoms with van der Waals surface area (Å²) in [6.07, 6.45) is 2.79. The lowest BCUT2D eigenvalue weighted by atomic mass is 10.0. The second kappa shape index (κ2) is 8.10. The van der Waals surface area contributed by atoms with Crippen LogP contribution in [0.25, 0.3) is 0 Å². The normalized spacial score (nSPS) is 24.0. The molecule has 24 heavy (non-hydrogen) atoms. The highest BCUT2D eigenvalue weighted by Gasteiger charge is 2.32. The maximum atomic E-state index is 12.8. The molecule has 0 bridgehead atoms. The van der Waals surface area contributed by atoms with Crippen molar-refractivity contribution in [3.05, 3.63) is 35.9 Å². The van der Waals surface area contributed by atoms with E-state index in [2.05, 4.69) is 21.9 Å². The zero-order valence-corrected chi connectivity index (χ0v) is 14.9. The highest BCUT2D eigenvalue weighted by atomic mass is 16.5. The molecule has 2 fully saturated rings. The van der Waals surface area contributed by atoms with Gasteiger partial charge in [0.15, 0.2) is 0 Å². The number of piperazine rings is 1. The minimum atomic E-state index is -0.175. The first-order valence-electron chi connectivity index (χ1n) is 8.99. The lowest BCUT2D eigenvalue weighted by Crippen LogP contribution is -2.52. The fourth-order valence-corrected chi connectivity index (χ4v) is 3.67. The molecule has 2 aliphatic rings. The Morgan fingerprint density at radius 1 is 1.21 bits per heavy atom. The van der Waals surface area contributed by atoms with E-state index in [0.717, 1.165) is 44.9 Å². The molecule has 0 aromatic heterocycles. The molecular formula is C19H29N3O2. The topological polar surface area (TPSA) is 36.0 Å². The average molecular weight is 331 g/mol. The molecule has 3 rings (SSSR count). The number of rotatable bonds is 5. The van der Waals surface area contributed by atoms with Gasteiger partial charge >= 0.3 is 0 Å². The fourth-order valence-electron chi connectivity index (χ4n) is 3.67. The van der Waals surface area contributed by atoms with Crippen LogP contribution < -0.4 is 0 Å². The van der Waals surface area contributed by atoms with Crippen molar-refractivity contribution in [2.75, 3.05) is 53.4 Å². The quantitative estimate of drug-likeness (QED) is 0.821. The third-order valence-corrected chi connectivity index (χ3v) is 5.05. The molecule has 132 valence electrons. The molecule has 0 saturated carbocycles. The molecule has 2 heterocycles. The van der Waals surface area contributed by atoms with Crippen LogP contribution in [0.3, 0.4) is 0 Å². The van der Waals surface area contributed by atoms with Gasteiger partial charge in [-0.05, 0) is 18.4 Å². The summed E-state index contributed by atoms with van der Waals surface area (Å²) in [5.41, 5.74) is 1.09. The lowest BCUT2D eigenvalue weighted by Gasteiger charge is -2.40. The Hall–Kier alpha value is -1.43. The molecule has 0 N–H and O–H groups in total. The molecular weight excluding hydrogens is 302 g/mol. The zero-order valence-electron chi connectivity index (χ0n) is 14.9. The molecule has 5 nitrogen and oxygen atoms in total. The smallest absolute Gasteiger partial charge is 0.244 e. The van der Waals surface area contributed by atoms with E-state index in [1.54, 1.807) is 4.90 Å². The van der Waals surface area contributed by atoms with Gasteiger partial charge in [-0.15, -0.1) is 0 Å². The molecule has 0 radical (unpaired) electrons. The average Bonchev–Trinajstić information content (AvgIpc) is 3.10. The molecule has 1 amide bonds. The van der Waals surface area contributed by atoms with E-state index in [1.807, 2.05) is 32.3 Å². The molecule has 2 atom stereocenters. The maximum Gasteiger partial charge on any atom is 0.244 e. The van der Waals surface area contributed by atoms with Gasteiger partial charge in [0.2, 0.25) is 5.91 Å². The van der Waals surface area contributed by atoms with Crippen molar-refractivity contribution >= 4 is 5.91 Å². The Bertz CT molecular complexity index is 521. The number of nitrogens with zero attached hydrogens (tertiary/aromatic N) is 3. The number of amides is 1. The SMILES string of the molecule is CN(C)C(=O)C(c1ccccc1)N1CCN(CC2CCCO2)CC1. The van der Waals surface area contributed by atoms with Crippen molar-refractivity contribution < 1.29 is 9.53 Å². The molecule has 0 spiro atoms. The molecule has 2 aliphatic heterocycles. The molecule has 2 unspecified atom stereocenters. The van der Waals surface area contributed by atoms with Crippen LogP contribution in [0.4, 0.5) is 0 Å². The predicted octanol–water partition coefficient (Wildman–Crippen LogP) is 1.61. The number of carbonyl (C=O) groups excluding carboxylic acids is 1. The number of ether oxygens (including phenoxy) is 1. The largest absolute Gasteiger partial charge is 0.377 e. The number of hydrogen-bond donors (Lipinski definition) is 0. The summed E-state index contributed by atoms with van der Waals surface area (Å²) < 4.78 is 5.75. The number of hydrogen-bond acceptors (Lipinski definition) is 4. The highest BCUT2D eigenvalue weighted by Crippen LogP contribution is 2.24. The van der Waals surface area contributed by atoms with Crippen LogP contribution in [-0.4, -0.2) is 80.1 Å². The third kappa shape index (κ3) is 4.15. The van der Waals surface area contributed by atoms with Gasteiger partial charge in [-0.2, -0.15) is 0 Å². The van der Waals surface area contributed by atoms with Crippen LogP contribution in [0.1, 0.15) is 24.4 Å². The summed E-state index contributed by atoms with van der Waals surface area (Å²) in [4.78, 5) is 19.3. The predicted molar refractivity (Wildman–Crippen MR) is 94.9 cm³/mol. The van der Waals surface area contributed by atoms with Crippen LogP contribution in [0.2, 0.25) is 0 Å². The Morgan fingerprint density at radius 3 is 2.50 bits per heavy atom. The van der Waals surface area contributed by atoms with Crippen molar-refractivity contribution in [2.45, 2.75) is 25.0 Å². The van der Waals surface area contributed by atoms with Crippen LogP contribution in [0.15, 0.2) is 30.3 Å². The Labute approximate surface area is 145 Å². The Balaban J connectivity index is 1.63. The minimum Gasteiger partial charge on any atom is -0.377 e. The number of likely N-dealkylation sites (N-methyl/N-ethyl adjacent to an activating group) is 1. The summed E-state index contributed by atoms with van der Waals surface area (Å²) in [5, 5.41) is 0. The summed E-state index contributed by atoms with van der Waals surface area (Å²) in [6.45, 7) is 5.80. The zero-order chi connectivity index (χ0) is 16.9. The van der Waals surface area contributed by atoms with E-state index < -0.39 is 0 Å². The van der Waals surface area contributed by atoms with E-state index >= 15 is 0 Å². The van der Waals surface area contributed by atoms with Crippen molar-refractivity contribution in [3.63, 3.8) is 0 Å². The maximum absolute atomic E-state index is 12.8. The minimum absolute atomic E-state index is 0.161. The highest BCUT2D eigenvalue weighted by molar-refractivity contribution is 5.82. The van der Waals surface area contributed by atoms with Gasteiger partial charge in [0.25, 0.3) is 0 Å². The van der Waals surface area contributed by atoms with Gasteiger partial charge < -0.3 is 9.64 Å². The second-order valence-corrected chi connectivity index (χ2v) is 7.02. The molecule has 0 aliphatic carbocycles. The Kier molecular flexibility index (Phi) is 5.87. The first-order valence-corrected chi connectivity index (χ1v) is 8.99. The van der Waals surface area contributed by atoms with E-state index in [9.17, 15) is 4.79 Å². The summed E-state index contributed by atoms with van der Waals surface area (Å²) in [5.74, 6) is 0.161. The van der Waals surface area contributed by atoms with Crippen LogP contribution >= 0.6 is 0 Å². The first-order chi connectivity index (χ1) is 11.6. The molecule has 2 saturated heterocycles. The van der Waals surface area contributed by atoms with Crippen LogP contribution in [0.5, 0.6) is 0 Å². The summed E-state index contributed by atoms with van der Waals surface area (Å²) in [6, 6.07) is 9.97. The summed E-state index contributed by atoms with van der Waals surface area (Å²) in [7, 11) is 3.68. The monoisotopic (exact) mass is 331 g/mol. The number of carbonyl (C=O) groups is 1.